The van der Waals surface area contributed by atoms with Gasteiger partial charge in [0.2, 0.25) is 0 Å². The Hall–Kier alpha value is -0.860. The molecule has 2 unspecified atom stereocenters. The van der Waals surface area contributed by atoms with Gasteiger partial charge >= 0.3 is 0 Å². The van der Waals surface area contributed by atoms with Gasteiger partial charge in [0.25, 0.3) is 0 Å². The normalized spacial score (nSPS) is 29.9. The molecule has 1 N–H and O–H groups in total. The smallest absolute Gasteiger partial charge is 0.0349 e. The maximum absolute atomic E-state index is 3.61. The zero-order valence-electron chi connectivity index (χ0n) is 10.4. The Labute approximate surface area is 104 Å². The van der Waals surface area contributed by atoms with Gasteiger partial charge in [-0.05, 0) is 44.3 Å². The molecule has 1 aromatic carbocycles. The van der Waals surface area contributed by atoms with Gasteiger partial charge in [0.15, 0.2) is 0 Å². The first-order valence-electron chi connectivity index (χ1n) is 6.96. The molecule has 0 amide bonds. The average molecular weight is 230 g/mol. The molecule has 2 aliphatic heterocycles. The first kappa shape index (κ1) is 11.2. The topological polar surface area (TPSA) is 15.3 Å². The molecule has 2 saturated heterocycles. The zero-order chi connectivity index (χ0) is 11.5. The largest absolute Gasteiger partial charge is 0.313 e. The van der Waals surface area contributed by atoms with Crippen molar-refractivity contribution in [2.24, 2.45) is 0 Å². The van der Waals surface area contributed by atoms with Crippen LogP contribution in [-0.4, -0.2) is 30.6 Å². The first-order chi connectivity index (χ1) is 8.43. The van der Waals surface area contributed by atoms with Gasteiger partial charge in [-0.15, -0.1) is 0 Å². The number of hydrogen-bond acceptors (Lipinski definition) is 2. The second-order valence-corrected chi connectivity index (χ2v) is 5.36. The summed E-state index contributed by atoms with van der Waals surface area (Å²) in [6.45, 7) is 3.73. The molecule has 0 aliphatic carbocycles. The Balaban J connectivity index is 1.67. The van der Waals surface area contributed by atoms with Gasteiger partial charge in [-0.3, -0.25) is 4.90 Å². The fourth-order valence-corrected chi connectivity index (χ4v) is 3.29. The Kier molecular flexibility index (Phi) is 3.44. The third-order valence-electron chi connectivity index (χ3n) is 4.17. The van der Waals surface area contributed by atoms with E-state index in [1.54, 1.807) is 0 Å². The zero-order valence-corrected chi connectivity index (χ0v) is 10.4. The Bertz CT molecular complexity index is 343. The van der Waals surface area contributed by atoms with Crippen LogP contribution in [0.2, 0.25) is 0 Å². The summed E-state index contributed by atoms with van der Waals surface area (Å²) in [5.41, 5.74) is 1.50. The molecule has 0 aromatic heterocycles. The lowest BCUT2D eigenvalue weighted by atomic mass is 10.0. The van der Waals surface area contributed by atoms with Crippen molar-refractivity contribution < 1.29 is 0 Å². The highest BCUT2D eigenvalue weighted by Gasteiger charge is 2.28. The third kappa shape index (κ3) is 2.53. The van der Waals surface area contributed by atoms with E-state index in [9.17, 15) is 0 Å². The molecule has 2 heteroatoms. The van der Waals surface area contributed by atoms with Gasteiger partial charge in [0.1, 0.15) is 0 Å². The Morgan fingerprint density at radius 2 is 2.00 bits per heavy atom. The number of nitrogens with zero attached hydrogens (tertiary/aromatic N) is 1. The van der Waals surface area contributed by atoms with Gasteiger partial charge in [0, 0.05) is 18.6 Å². The monoisotopic (exact) mass is 230 g/mol. The highest BCUT2D eigenvalue weighted by atomic mass is 15.2. The van der Waals surface area contributed by atoms with Gasteiger partial charge in [0.05, 0.1) is 0 Å². The number of rotatable bonds is 3. The van der Waals surface area contributed by atoms with E-state index in [2.05, 4.69) is 40.5 Å². The van der Waals surface area contributed by atoms with E-state index in [0.717, 1.165) is 6.04 Å². The summed E-state index contributed by atoms with van der Waals surface area (Å²) < 4.78 is 0. The predicted octanol–water partition coefficient (Wildman–Crippen LogP) is 2.58. The molecule has 2 atom stereocenters. The quantitative estimate of drug-likeness (QED) is 0.858. The van der Waals surface area contributed by atoms with Gasteiger partial charge < -0.3 is 5.32 Å². The lowest BCUT2D eigenvalue weighted by Crippen LogP contribution is -2.37. The number of hydrogen-bond donors (Lipinski definition) is 1. The minimum atomic E-state index is 0.665. The summed E-state index contributed by atoms with van der Waals surface area (Å²) in [5, 5.41) is 3.61. The van der Waals surface area contributed by atoms with Crippen molar-refractivity contribution in [3.05, 3.63) is 35.9 Å². The second-order valence-electron chi connectivity index (χ2n) is 5.36. The molecule has 2 heterocycles. The highest BCUT2D eigenvalue weighted by molar-refractivity contribution is 5.20. The Morgan fingerprint density at radius 1 is 1.12 bits per heavy atom. The summed E-state index contributed by atoms with van der Waals surface area (Å²) >= 11 is 0. The summed E-state index contributed by atoms with van der Waals surface area (Å²) in [6.07, 6.45) is 5.40. The number of likely N-dealkylation sites (tertiary alicyclic amines) is 1. The van der Waals surface area contributed by atoms with E-state index >= 15 is 0 Å². The molecule has 0 radical (unpaired) electrons. The van der Waals surface area contributed by atoms with E-state index in [4.69, 9.17) is 0 Å². The summed E-state index contributed by atoms with van der Waals surface area (Å²) in [7, 11) is 0. The maximum Gasteiger partial charge on any atom is 0.0349 e. The minimum absolute atomic E-state index is 0.665. The van der Waals surface area contributed by atoms with Crippen LogP contribution in [0.4, 0.5) is 0 Å². The number of nitrogens with one attached hydrogen (secondary N) is 1. The lowest BCUT2D eigenvalue weighted by Gasteiger charge is -2.27. The lowest BCUT2D eigenvalue weighted by molar-refractivity contribution is 0.234. The van der Waals surface area contributed by atoms with Crippen LogP contribution in [0.1, 0.15) is 37.3 Å². The predicted molar refractivity (Wildman–Crippen MR) is 71.0 cm³/mol. The molecule has 3 rings (SSSR count). The molecule has 92 valence electrons. The van der Waals surface area contributed by atoms with E-state index in [1.165, 1.54) is 50.9 Å². The SMILES string of the molecule is c1ccc(C2CCCN2CC2CCCN2)cc1. The van der Waals surface area contributed by atoms with E-state index in [1.807, 2.05) is 0 Å². The van der Waals surface area contributed by atoms with Crippen LogP contribution in [0.5, 0.6) is 0 Å². The molecular weight excluding hydrogens is 208 g/mol. The molecule has 17 heavy (non-hydrogen) atoms. The van der Waals surface area contributed by atoms with Crippen LogP contribution in [0.25, 0.3) is 0 Å². The van der Waals surface area contributed by atoms with Crippen molar-refractivity contribution in [2.45, 2.75) is 37.8 Å². The molecule has 1 aromatic rings. The van der Waals surface area contributed by atoms with Crippen molar-refractivity contribution in [3.63, 3.8) is 0 Å². The van der Waals surface area contributed by atoms with E-state index in [-0.39, 0.29) is 0 Å². The highest BCUT2D eigenvalue weighted by Crippen LogP contribution is 2.32. The van der Waals surface area contributed by atoms with Gasteiger partial charge in [-0.2, -0.15) is 0 Å². The fourth-order valence-electron chi connectivity index (χ4n) is 3.29. The average Bonchev–Trinajstić information content (AvgIpc) is 3.02. The molecule has 0 spiro atoms. The summed E-state index contributed by atoms with van der Waals surface area (Å²) in [4.78, 5) is 2.68. The fraction of sp³-hybridized carbons (Fsp3) is 0.600. The van der Waals surface area contributed by atoms with Crippen molar-refractivity contribution in [1.29, 1.82) is 0 Å². The molecule has 2 fully saturated rings. The van der Waals surface area contributed by atoms with Crippen molar-refractivity contribution in [2.75, 3.05) is 19.6 Å². The molecular formula is C15H22N2. The summed E-state index contributed by atoms with van der Waals surface area (Å²) in [6, 6.07) is 12.4. The van der Waals surface area contributed by atoms with Crippen LogP contribution < -0.4 is 5.32 Å². The van der Waals surface area contributed by atoms with E-state index < -0.39 is 0 Å². The third-order valence-corrected chi connectivity index (χ3v) is 4.17. The van der Waals surface area contributed by atoms with E-state index in [0.29, 0.717) is 6.04 Å². The Morgan fingerprint density at radius 3 is 2.76 bits per heavy atom. The van der Waals surface area contributed by atoms with Gasteiger partial charge in [-0.25, -0.2) is 0 Å². The number of benzene rings is 1. The van der Waals surface area contributed by atoms with Crippen LogP contribution in [0.15, 0.2) is 30.3 Å². The maximum atomic E-state index is 3.61. The van der Waals surface area contributed by atoms with Crippen LogP contribution in [-0.2, 0) is 0 Å². The van der Waals surface area contributed by atoms with Crippen molar-refractivity contribution >= 4 is 0 Å². The molecule has 2 aliphatic rings. The van der Waals surface area contributed by atoms with Crippen LogP contribution in [0, 0.1) is 0 Å². The van der Waals surface area contributed by atoms with Crippen molar-refractivity contribution in [3.8, 4) is 0 Å². The first-order valence-corrected chi connectivity index (χ1v) is 6.96. The minimum Gasteiger partial charge on any atom is -0.313 e. The molecule has 0 saturated carbocycles. The standard InChI is InChI=1S/C15H22N2/c1-2-6-13(7-3-1)15-9-5-11-17(15)12-14-8-4-10-16-14/h1-3,6-7,14-16H,4-5,8-12H2. The summed E-state index contributed by atoms with van der Waals surface area (Å²) in [5.74, 6) is 0. The molecule has 0 bridgehead atoms. The molecule has 2 nitrogen and oxygen atoms in total. The second kappa shape index (κ2) is 5.19. The van der Waals surface area contributed by atoms with Crippen molar-refractivity contribution in [1.82, 2.24) is 10.2 Å². The van der Waals surface area contributed by atoms with Crippen LogP contribution in [0.3, 0.4) is 0 Å². The van der Waals surface area contributed by atoms with Gasteiger partial charge in [-0.1, -0.05) is 30.3 Å². The van der Waals surface area contributed by atoms with Crippen LogP contribution >= 0.6 is 0 Å².